The molecule has 5 amide bonds. The van der Waals surface area contributed by atoms with E-state index in [0.717, 1.165) is 34.6 Å². The lowest BCUT2D eigenvalue weighted by atomic mass is 9.88. The van der Waals surface area contributed by atoms with Crippen LogP contribution in [0.4, 0.5) is 0 Å². The summed E-state index contributed by atoms with van der Waals surface area (Å²) in [4.78, 5) is 77.3. The average Bonchev–Trinajstić information content (AvgIpc) is 0.748. The Hall–Kier alpha value is -5.06. The third kappa shape index (κ3) is 24.1. The van der Waals surface area contributed by atoms with E-state index in [2.05, 4.69) is 26.6 Å². The highest BCUT2D eigenvalue weighted by molar-refractivity contribution is 5.77. The summed E-state index contributed by atoms with van der Waals surface area (Å²) in [5.74, 6) is -10.0. The minimum Gasteiger partial charge on any atom is -0.477 e. The fraction of sp³-hybridized carbons (Fsp3) is 0.918. The molecule has 0 unspecified atom stereocenters. The molecule has 10 aliphatic rings. The topological polar surface area (TPSA) is 925 Å². The smallest absolute Gasteiger partial charge is 0.364 e. The quantitative estimate of drug-likeness (QED) is 0.0277. The number of ether oxygens (including phenoxy) is 19. The van der Waals surface area contributed by atoms with Gasteiger partial charge in [-0.2, -0.15) is 0 Å². The van der Waals surface area contributed by atoms with Crippen molar-refractivity contribution in [1.29, 1.82) is 0 Å². The Labute approximate surface area is 746 Å². The Morgan fingerprint density at radius 1 is 0.311 bits per heavy atom. The Morgan fingerprint density at radius 2 is 0.644 bits per heavy atom. The van der Waals surface area contributed by atoms with Crippen LogP contribution in [0.2, 0.25) is 0 Å². The second-order valence-electron chi connectivity index (χ2n) is 33.2. The second kappa shape index (κ2) is 47.3. The van der Waals surface area contributed by atoms with Crippen LogP contribution in [0.3, 0.4) is 0 Å². The average molecular weight is 1930 g/mol. The van der Waals surface area contributed by atoms with Crippen LogP contribution in [0.5, 0.6) is 0 Å². The lowest BCUT2D eigenvalue weighted by Gasteiger charge is -2.52. The molecule has 10 aliphatic heterocycles. The van der Waals surface area contributed by atoms with Gasteiger partial charge in [-0.15, -0.1) is 0 Å². The summed E-state index contributed by atoms with van der Waals surface area (Å²) in [5.41, 5.74) is 0. The molecular formula is C73H121N5O54. The number of hydrogen-bond acceptors (Lipinski definition) is 53. The van der Waals surface area contributed by atoms with Crippen LogP contribution in [0.25, 0.3) is 0 Å². The van der Waals surface area contributed by atoms with Gasteiger partial charge in [0.15, 0.2) is 56.6 Å². The van der Waals surface area contributed by atoms with Gasteiger partial charge in [0.1, 0.15) is 238 Å². The van der Waals surface area contributed by atoms with Gasteiger partial charge in [-0.3, -0.25) is 24.0 Å². The minimum atomic E-state index is -3.13. The molecule has 0 spiro atoms. The number of carbonyl (C=O) groups excluding carboxylic acids is 5. The number of carboxylic acid groups (broad SMARTS) is 1. The Bertz CT molecular complexity index is 3680. The lowest BCUT2D eigenvalue weighted by molar-refractivity contribution is -0.408. The standard InChI is InChI=1S/C73H121N5O54/c1-17(87)74-33-22(92)6-73(72(112)113,132-59(33)38(94)23(93)7-79)115-16-31-42(98)49(105)52(108)69(123-31)126-56-29(13-85)122-66(37(47(56)103)78-21(5)91)131-62-50(106)41(97)26(10-82)120-71(62)130-61-54(110)70(127-57-30(14-86)121-65(36(46(57)102)77-20(4)90)125-55-28(12-84)116-63(111)34(45(55)101)75-18(2)88)124-32(58(61)128-64-35(76-19(3)89)44(100)39(95)24(8-80)117-64)15-114-67-53(109)60(43(99)27(11-83)118-67)129-68-51(107)48(104)40(96)25(9-81)119-68/h22-71,79-86,92-111H,6-16H2,1-5H3,(H,74,87)(H,75,88)(H,76,89)(H,77,90)(H,78,91)(H,112,113)/t22-,23+,24+,25+,26+,27+,28+,29+,30+,31+,32+,33+,34+,35+,36+,37+,38+,39+,40+,41+,42-,43+,44+,45+,46+,47+,48-,49-,50-,51-,52+,53-,54-,55+,56+,57+,58+,59+,60-,61+,62-,63+,64-,65-,66-,67-,68+,69-,70-,71+,73+/m0/s1. The van der Waals surface area contributed by atoms with E-state index in [1.165, 1.54) is 0 Å². The summed E-state index contributed by atoms with van der Waals surface area (Å²) in [6.07, 6.45) is -102. The summed E-state index contributed by atoms with van der Waals surface area (Å²) >= 11 is 0. The number of amides is 5. The zero-order valence-corrected chi connectivity index (χ0v) is 70.8. The van der Waals surface area contributed by atoms with Gasteiger partial charge in [-0.1, -0.05) is 0 Å². The highest BCUT2D eigenvalue weighted by Crippen LogP contribution is 2.43. The molecule has 0 bridgehead atoms. The zero-order valence-electron chi connectivity index (χ0n) is 70.8. The molecule has 10 saturated heterocycles. The summed E-state index contributed by atoms with van der Waals surface area (Å²) in [6.45, 7) is -7.60. The molecular weight excluding hydrogens is 1810 g/mol. The number of aliphatic hydroxyl groups excluding tert-OH is 28. The molecule has 51 atom stereocenters. The first kappa shape index (κ1) is 109. The molecule has 0 saturated carbocycles. The van der Waals surface area contributed by atoms with Crippen molar-refractivity contribution in [3.05, 3.63) is 0 Å². The molecule has 762 valence electrons. The van der Waals surface area contributed by atoms with Gasteiger partial charge >= 0.3 is 5.97 Å². The summed E-state index contributed by atoms with van der Waals surface area (Å²) in [7, 11) is 0. The van der Waals surface area contributed by atoms with E-state index in [1.807, 2.05) is 0 Å². The maximum atomic E-state index is 13.4. The number of hydrogen-bond donors (Lipinski definition) is 34. The van der Waals surface area contributed by atoms with Crippen LogP contribution in [0.1, 0.15) is 41.0 Å². The Morgan fingerprint density at radius 3 is 1.11 bits per heavy atom. The predicted octanol–water partition coefficient (Wildman–Crippen LogP) is -22.9. The summed E-state index contributed by atoms with van der Waals surface area (Å²) in [6, 6.07) is -9.67. The highest BCUT2D eigenvalue weighted by Gasteiger charge is 2.64. The number of carboxylic acids is 1. The molecule has 59 nitrogen and oxygen atoms in total. The monoisotopic (exact) mass is 1930 g/mol. The molecule has 34 N–H and O–H groups in total. The molecule has 0 aromatic carbocycles. The summed E-state index contributed by atoms with van der Waals surface area (Å²) < 4.78 is 114. The van der Waals surface area contributed by atoms with Gasteiger partial charge in [-0.05, 0) is 0 Å². The maximum Gasteiger partial charge on any atom is 0.364 e. The third-order valence-corrected chi connectivity index (χ3v) is 23.8. The molecule has 0 aliphatic carbocycles. The first-order chi connectivity index (χ1) is 62.3. The van der Waals surface area contributed by atoms with Crippen LogP contribution in [0, 0.1) is 0 Å². The van der Waals surface area contributed by atoms with Crippen molar-refractivity contribution < 1.29 is 267 Å². The van der Waals surface area contributed by atoms with Crippen LogP contribution in [0.15, 0.2) is 0 Å². The molecule has 132 heavy (non-hydrogen) atoms. The molecule has 10 fully saturated rings. The first-order valence-corrected chi connectivity index (χ1v) is 41.8. The lowest BCUT2D eigenvalue weighted by Crippen LogP contribution is -2.71. The highest BCUT2D eigenvalue weighted by atomic mass is 16.8. The number of carbonyl (C=O) groups is 6. The van der Waals surface area contributed by atoms with Gasteiger partial charge in [0.2, 0.25) is 29.5 Å². The number of aliphatic hydroxyl groups is 28. The van der Waals surface area contributed by atoms with Crippen molar-refractivity contribution in [3.8, 4) is 0 Å². The maximum absolute atomic E-state index is 13.4. The molecule has 10 heterocycles. The van der Waals surface area contributed by atoms with Crippen molar-refractivity contribution in [1.82, 2.24) is 26.6 Å². The van der Waals surface area contributed by atoms with Crippen molar-refractivity contribution in [2.45, 2.75) is 353 Å². The van der Waals surface area contributed by atoms with Crippen LogP contribution < -0.4 is 26.6 Å². The Kier molecular flexibility index (Phi) is 39.0. The van der Waals surface area contributed by atoms with Crippen molar-refractivity contribution >= 4 is 35.5 Å². The summed E-state index contributed by atoms with van der Waals surface area (Å²) in [5, 5.41) is 337. The molecule has 0 radical (unpaired) electrons. The molecule has 10 rings (SSSR count). The van der Waals surface area contributed by atoms with Gasteiger partial charge in [0, 0.05) is 41.0 Å². The Balaban J connectivity index is 1.03. The first-order valence-electron chi connectivity index (χ1n) is 41.8. The third-order valence-electron chi connectivity index (χ3n) is 23.8. The second-order valence-corrected chi connectivity index (χ2v) is 33.2. The van der Waals surface area contributed by atoms with E-state index in [-0.39, 0.29) is 0 Å². The van der Waals surface area contributed by atoms with Crippen LogP contribution >= 0.6 is 0 Å². The van der Waals surface area contributed by atoms with E-state index in [0.29, 0.717) is 0 Å². The number of aliphatic carboxylic acids is 1. The van der Waals surface area contributed by atoms with Crippen LogP contribution in [-0.4, -0.2) is 562 Å². The van der Waals surface area contributed by atoms with Crippen molar-refractivity contribution in [3.63, 3.8) is 0 Å². The minimum absolute atomic E-state index is 0.829. The van der Waals surface area contributed by atoms with Crippen LogP contribution in [-0.2, 0) is 119 Å². The zero-order chi connectivity index (χ0) is 97.6. The number of nitrogens with one attached hydrogen (secondary N) is 5. The van der Waals surface area contributed by atoms with E-state index < -0.39 is 420 Å². The van der Waals surface area contributed by atoms with Crippen molar-refractivity contribution in [2.75, 3.05) is 66.1 Å². The fourth-order valence-electron chi connectivity index (χ4n) is 16.9. The van der Waals surface area contributed by atoms with E-state index in [4.69, 9.17) is 90.0 Å². The fourth-order valence-corrected chi connectivity index (χ4v) is 16.9. The van der Waals surface area contributed by atoms with Crippen molar-refractivity contribution in [2.24, 2.45) is 0 Å². The van der Waals surface area contributed by atoms with Gasteiger partial charge in [-0.25, -0.2) is 4.79 Å². The normalized spacial score (nSPS) is 47.2. The van der Waals surface area contributed by atoms with E-state index >= 15 is 0 Å². The molecule has 0 aromatic rings. The van der Waals surface area contributed by atoms with E-state index in [9.17, 15) is 177 Å². The molecule has 0 aromatic heterocycles. The van der Waals surface area contributed by atoms with Gasteiger partial charge < -0.3 is 265 Å². The van der Waals surface area contributed by atoms with Gasteiger partial charge in [0.05, 0.1) is 78.2 Å². The largest absolute Gasteiger partial charge is 0.477 e. The number of rotatable bonds is 36. The van der Waals surface area contributed by atoms with Gasteiger partial charge in [0.25, 0.3) is 5.79 Å². The molecule has 59 heteroatoms. The predicted molar refractivity (Wildman–Crippen MR) is 405 cm³/mol. The SMILES string of the molecule is CC(=O)N[C@@H]1[C@@H](O)[C@H](O[C@@H]2O[C@H](CO)[C@@H](O[C@@H]3O[C@H](CO[C@H]4O[C@H](CO)[C@@H](O)[C@H](O[C@H]5O[C@H](CO)[C@@H](O)[C@H](O)[C@@H]5O)[C@@H]4O)[C@@H](O[C@@H]4O[C@H](CO)[C@@H](O)[C@H](O)[C@H]4NC(C)=O)[C@H](O[C@H]4O[C@H](CO)[C@@H](O)[C@H](O)[C@@H]4O[C@@H]4O[C@H](CO)[C@@H](O[C@@H]5O[C@H](CO[C@]6(C(=O)O)C[C@H](O)[C@@H](NC(C)=O)[C@H]([C@H](O)[C@H](O)CO)O6)[C@H](O)[C@H](O)[C@H]5O)[C@H](O)[C@H]4NC(C)=O)[C@@H]3O)[C@H](O)[C@H]2NC(C)=O)[C@@H](CO)O[C@H]1O. The van der Waals surface area contributed by atoms with E-state index in [1.54, 1.807) is 0 Å².